The van der Waals surface area contributed by atoms with Crippen LogP contribution in [0.2, 0.25) is 0 Å². The van der Waals surface area contributed by atoms with Crippen LogP contribution in [0.15, 0.2) is 27.6 Å². The maximum atomic E-state index is 12.3. The zero-order valence-corrected chi connectivity index (χ0v) is 15.6. The van der Waals surface area contributed by atoms with Gasteiger partial charge in [-0.15, -0.1) is 0 Å². The monoisotopic (exact) mass is 403 g/mol. The van der Waals surface area contributed by atoms with Crippen LogP contribution in [0.5, 0.6) is 5.75 Å². The minimum atomic E-state index is -1.18. The first kappa shape index (κ1) is 16.4. The molecule has 1 aromatic carbocycles. The van der Waals surface area contributed by atoms with Crippen LogP contribution in [0.1, 0.15) is 41.4 Å². The Labute approximate surface area is 153 Å². The number of rotatable bonds is 2. The van der Waals surface area contributed by atoms with Crippen LogP contribution < -0.4 is 10.2 Å². The normalized spacial score (nSPS) is 17.7. The van der Waals surface area contributed by atoms with Gasteiger partial charge >= 0.3 is 5.97 Å². The number of aromatic nitrogens is 1. The third-order valence-electron chi connectivity index (χ3n) is 5.18. The second-order valence-corrected chi connectivity index (χ2v) is 7.81. The molecule has 0 saturated carbocycles. The van der Waals surface area contributed by atoms with Crippen LogP contribution in [0.3, 0.4) is 0 Å². The standard InChI is InChI=1S/C19H18BrNO4/c1-9(2)15-6-11-10-3-4-25-18(10)14(20)5-12(11)16-7-17(22)13(19(23)24)8-21(15)16/h5,7-9,15H,3-4,6H2,1-2H3,(H,23,24)/t15-/m0/s1. The Kier molecular flexibility index (Phi) is 3.76. The number of hydrogen-bond acceptors (Lipinski definition) is 3. The molecule has 25 heavy (non-hydrogen) atoms. The quantitative estimate of drug-likeness (QED) is 0.830. The molecule has 1 N–H and O–H groups in total. The van der Waals surface area contributed by atoms with Crippen molar-refractivity contribution in [3.63, 3.8) is 0 Å². The van der Waals surface area contributed by atoms with E-state index in [4.69, 9.17) is 4.74 Å². The van der Waals surface area contributed by atoms with Crippen molar-refractivity contribution in [3.8, 4) is 17.0 Å². The van der Waals surface area contributed by atoms with Crippen molar-refractivity contribution >= 4 is 21.9 Å². The number of benzene rings is 1. The average molecular weight is 404 g/mol. The topological polar surface area (TPSA) is 68.5 Å². The number of hydrogen-bond donors (Lipinski definition) is 1. The third-order valence-corrected chi connectivity index (χ3v) is 5.77. The van der Waals surface area contributed by atoms with E-state index in [1.54, 1.807) is 0 Å². The molecule has 0 spiro atoms. The van der Waals surface area contributed by atoms with E-state index in [1.807, 2.05) is 10.6 Å². The summed E-state index contributed by atoms with van der Waals surface area (Å²) in [6.07, 6.45) is 3.17. The number of fused-ring (bicyclic) bond motifs is 5. The molecule has 6 heteroatoms. The van der Waals surface area contributed by atoms with Crippen LogP contribution >= 0.6 is 15.9 Å². The summed E-state index contributed by atoms with van der Waals surface area (Å²) < 4.78 is 8.60. The molecular formula is C19H18BrNO4. The second kappa shape index (κ2) is 5.73. The molecule has 0 aliphatic carbocycles. The smallest absolute Gasteiger partial charge is 0.341 e. The maximum Gasteiger partial charge on any atom is 0.341 e. The van der Waals surface area contributed by atoms with Gasteiger partial charge in [0.25, 0.3) is 0 Å². The lowest BCUT2D eigenvalue weighted by Gasteiger charge is -2.34. The van der Waals surface area contributed by atoms with E-state index < -0.39 is 11.4 Å². The number of carboxylic acids is 1. The molecule has 2 aromatic rings. The Hall–Kier alpha value is -2.08. The highest BCUT2D eigenvalue weighted by Crippen LogP contribution is 2.46. The van der Waals surface area contributed by atoms with Crippen LogP contribution in [0.25, 0.3) is 11.3 Å². The number of nitrogens with zero attached hydrogens (tertiary/aromatic N) is 1. The minimum absolute atomic E-state index is 0.104. The van der Waals surface area contributed by atoms with Crippen LogP contribution in [-0.2, 0) is 12.8 Å². The van der Waals surface area contributed by atoms with Crippen molar-refractivity contribution in [1.29, 1.82) is 0 Å². The van der Waals surface area contributed by atoms with Gasteiger partial charge in [0.15, 0.2) is 5.43 Å². The summed E-state index contributed by atoms with van der Waals surface area (Å²) in [5.41, 5.74) is 3.56. The molecule has 1 aromatic heterocycles. The molecule has 2 aliphatic heterocycles. The molecular weight excluding hydrogens is 386 g/mol. The highest BCUT2D eigenvalue weighted by Gasteiger charge is 2.32. The Morgan fingerprint density at radius 1 is 1.36 bits per heavy atom. The summed E-state index contributed by atoms with van der Waals surface area (Å²) in [4.78, 5) is 23.7. The SMILES string of the molecule is CC(C)[C@@H]1Cc2c(cc(Br)c3c2CCO3)-c2cc(=O)c(C(=O)O)cn21. The van der Waals surface area contributed by atoms with Crippen LogP contribution in [0.4, 0.5) is 0 Å². The van der Waals surface area contributed by atoms with Crippen LogP contribution in [0, 0.1) is 5.92 Å². The molecule has 0 bridgehead atoms. The van der Waals surface area contributed by atoms with E-state index in [9.17, 15) is 14.7 Å². The van der Waals surface area contributed by atoms with Gasteiger partial charge in [-0.3, -0.25) is 4.79 Å². The summed E-state index contributed by atoms with van der Waals surface area (Å²) in [6, 6.07) is 3.56. The van der Waals surface area contributed by atoms with Gasteiger partial charge in [-0.2, -0.15) is 0 Å². The first-order valence-electron chi connectivity index (χ1n) is 8.35. The molecule has 0 fully saturated rings. The third kappa shape index (κ3) is 2.42. The molecule has 0 radical (unpaired) electrons. The van der Waals surface area contributed by atoms with Gasteiger partial charge in [-0.1, -0.05) is 13.8 Å². The van der Waals surface area contributed by atoms with E-state index in [0.29, 0.717) is 12.5 Å². The molecule has 3 heterocycles. The fourth-order valence-corrected chi connectivity index (χ4v) is 4.51. The molecule has 4 rings (SSSR count). The lowest BCUT2D eigenvalue weighted by atomic mass is 9.84. The summed E-state index contributed by atoms with van der Waals surface area (Å²) in [5, 5.41) is 9.32. The van der Waals surface area contributed by atoms with E-state index in [-0.39, 0.29) is 11.6 Å². The van der Waals surface area contributed by atoms with Gasteiger partial charge in [0, 0.05) is 35.9 Å². The number of halogens is 1. The highest BCUT2D eigenvalue weighted by molar-refractivity contribution is 9.10. The first-order valence-corrected chi connectivity index (χ1v) is 9.14. The summed E-state index contributed by atoms with van der Waals surface area (Å²) in [5.74, 6) is 0.0222. The summed E-state index contributed by atoms with van der Waals surface area (Å²) in [6.45, 7) is 4.91. The minimum Gasteiger partial charge on any atom is -0.492 e. The molecule has 0 amide bonds. The molecule has 0 saturated heterocycles. The molecule has 2 aliphatic rings. The van der Waals surface area contributed by atoms with Crippen LogP contribution in [-0.4, -0.2) is 22.2 Å². The van der Waals surface area contributed by atoms with Crippen molar-refractivity contribution in [2.24, 2.45) is 5.92 Å². The fourth-order valence-electron chi connectivity index (χ4n) is 3.93. The van der Waals surface area contributed by atoms with Crippen molar-refractivity contribution < 1.29 is 14.6 Å². The molecule has 5 nitrogen and oxygen atoms in total. The Bertz CT molecular complexity index is 961. The second-order valence-electron chi connectivity index (χ2n) is 6.96. The zero-order chi connectivity index (χ0) is 17.9. The van der Waals surface area contributed by atoms with Gasteiger partial charge < -0.3 is 14.4 Å². The van der Waals surface area contributed by atoms with Gasteiger partial charge in [-0.05, 0) is 39.9 Å². The average Bonchev–Trinajstić information content (AvgIpc) is 3.04. The van der Waals surface area contributed by atoms with Crippen molar-refractivity contribution in [2.45, 2.75) is 32.7 Å². The lowest BCUT2D eigenvalue weighted by Crippen LogP contribution is -2.28. The van der Waals surface area contributed by atoms with Gasteiger partial charge in [0.2, 0.25) is 0 Å². The summed E-state index contributed by atoms with van der Waals surface area (Å²) in [7, 11) is 0. The number of carbonyl (C=O) groups is 1. The largest absolute Gasteiger partial charge is 0.492 e. The zero-order valence-electron chi connectivity index (χ0n) is 14.0. The Morgan fingerprint density at radius 2 is 2.12 bits per heavy atom. The lowest BCUT2D eigenvalue weighted by molar-refractivity contribution is 0.0694. The fraction of sp³-hybridized carbons (Fsp3) is 0.368. The number of pyridine rings is 1. The Balaban J connectivity index is 2.04. The van der Waals surface area contributed by atoms with E-state index in [0.717, 1.165) is 34.3 Å². The molecule has 1 atom stereocenters. The van der Waals surface area contributed by atoms with Crippen molar-refractivity contribution in [3.05, 3.63) is 49.7 Å². The number of carboxylic acid groups (broad SMARTS) is 1. The highest BCUT2D eigenvalue weighted by atomic mass is 79.9. The molecule has 0 unspecified atom stereocenters. The predicted molar refractivity (Wildman–Crippen MR) is 97.6 cm³/mol. The maximum absolute atomic E-state index is 12.3. The van der Waals surface area contributed by atoms with Gasteiger partial charge in [-0.25, -0.2) is 4.79 Å². The predicted octanol–water partition coefficient (Wildman–Crippen LogP) is 3.66. The van der Waals surface area contributed by atoms with Crippen molar-refractivity contribution in [2.75, 3.05) is 6.61 Å². The molecule has 130 valence electrons. The summed E-state index contributed by atoms with van der Waals surface area (Å²) >= 11 is 3.57. The van der Waals surface area contributed by atoms with E-state index in [1.165, 1.54) is 23.4 Å². The van der Waals surface area contributed by atoms with Crippen molar-refractivity contribution in [1.82, 2.24) is 4.57 Å². The number of aromatic carboxylic acids is 1. The van der Waals surface area contributed by atoms with Gasteiger partial charge in [0.1, 0.15) is 11.3 Å². The van der Waals surface area contributed by atoms with E-state index in [2.05, 4.69) is 29.8 Å². The van der Waals surface area contributed by atoms with Gasteiger partial charge in [0.05, 0.1) is 16.8 Å². The Morgan fingerprint density at radius 3 is 2.80 bits per heavy atom. The van der Waals surface area contributed by atoms with E-state index >= 15 is 0 Å². The first-order chi connectivity index (χ1) is 11.9. The number of ether oxygens (including phenoxy) is 1.